The van der Waals surface area contributed by atoms with Crippen LogP contribution in [0.15, 0.2) is 80.9 Å². The molecule has 224 valence electrons. The summed E-state index contributed by atoms with van der Waals surface area (Å²) in [5, 5.41) is 6.86. The van der Waals surface area contributed by atoms with Crippen molar-refractivity contribution in [2.24, 2.45) is 20.9 Å². The van der Waals surface area contributed by atoms with E-state index < -0.39 is 0 Å². The minimum absolute atomic E-state index is 0.0511. The number of rotatable bonds is 16. The summed E-state index contributed by atoms with van der Waals surface area (Å²) in [4.78, 5) is 20.6. The van der Waals surface area contributed by atoms with Gasteiger partial charge < -0.3 is 15.5 Å². The lowest BCUT2D eigenvalue weighted by Crippen LogP contribution is -2.32. The number of aliphatic imine (C=N–C) groups is 3. The molecular weight excluding hydrogens is 525 g/mol. The van der Waals surface area contributed by atoms with Gasteiger partial charge in [0.2, 0.25) is 0 Å². The van der Waals surface area contributed by atoms with E-state index in [0.29, 0.717) is 18.2 Å². The first-order valence-electron chi connectivity index (χ1n) is 15.7. The maximum Gasteiger partial charge on any atom is 0.146 e. The van der Waals surface area contributed by atoms with Crippen molar-refractivity contribution in [2.75, 3.05) is 26.2 Å². The summed E-state index contributed by atoms with van der Waals surface area (Å²) in [6, 6.07) is 3.08. The molecule has 1 aromatic heterocycles. The molecule has 1 aromatic rings. The highest BCUT2D eigenvalue weighted by molar-refractivity contribution is 5.88. The number of pyridine rings is 1. The van der Waals surface area contributed by atoms with Crippen molar-refractivity contribution < 1.29 is 4.39 Å². The zero-order valence-corrected chi connectivity index (χ0v) is 25.0. The van der Waals surface area contributed by atoms with Gasteiger partial charge in [-0.1, -0.05) is 24.6 Å². The molecule has 0 aromatic carbocycles. The van der Waals surface area contributed by atoms with Crippen LogP contribution in [0.25, 0.3) is 0 Å². The number of fused-ring (bicyclic) bond motifs is 1. The van der Waals surface area contributed by atoms with Crippen LogP contribution in [0.1, 0.15) is 76.3 Å². The maximum absolute atomic E-state index is 13.9. The van der Waals surface area contributed by atoms with Gasteiger partial charge in [0.05, 0.1) is 24.0 Å². The molecule has 42 heavy (non-hydrogen) atoms. The largest absolute Gasteiger partial charge is 0.381 e. The van der Waals surface area contributed by atoms with Crippen LogP contribution in [0.4, 0.5) is 4.39 Å². The Morgan fingerprint density at radius 2 is 2.05 bits per heavy atom. The molecule has 2 aliphatic heterocycles. The van der Waals surface area contributed by atoms with Crippen LogP contribution in [-0.2, 0) is 6.54 Å². The Balaban J connectivity index is 1.07. The highest BCUT2D eigenvalue weighted by Gasteiger charge is 2.28. The monoisotopic (exact) mass is 571 g/mol. The minimum Gasteiger partial charge on any atom is -0.381 e. The quantitative estimate of drug-likeness (QED) is 0.181. The van der Waals surface area contributed by atoms with Gasteiger partial charge in [-0.25, -0.2) is 4.39 Å². The number of allylic oxidation sites excluding steroid dienone is 4. The van der Waals surface area contributed by atoms with Gasteiger partial charge in [0.1, 0.15) is 5.82 Å². The summed E-state index contributed by atoms with van der Waals surface area (Å²) in [7, 11) is 0. The summed E-state index contributed by atoms with van der Waals surface area (Å²) < 4.78 is 13.9. The van der Waals surface area contributed by atoms with Crippen LogP contribution in [0.2, 0.25) is 0 Å². The minimum atomic E-state index is -0.299. The van der Waals surface area contributed by atoms with Gasteiger partial charge >= 0.3 is 0 Å². The number of nitrogens with one attached hydrogen (secondary N) is 2. The fourth-order valence-corrected chi connectivity index (χ4v) is 6.48. The first kappa shape index (κ1) is 30.1. The van der Waals surface area contributed by atoms with Gasteiger partial charge in [-0.05, 0) is 88.8 Å². The lowest BCUT2D eigenvalue weighted by Gasteiger charge is -2.36. The zero-order chi connectivity index (χ0) is 29.1. The molecule has 0 spiro atoms. The number of aromatic nitrogens is 1. The van der Waals surface area contributed by atoms with Gasteiger partial charge in [0.25, 0.3) is 0 Å². The average molecular weight is 572 g/mol. The van der Waals surface area contributed by atoms with Crippen molar-refractivity contribution in [1.82, 2.24) is 20.5 Å². The number of hydrogen-bond acceptors (Lipinski definition) is 7. The van der Waals surface area contributed by atoms with E-state index in [-0.39, 0.29) is 11.9 Å². The zero-order valence-electron chi connectivity index (χ0n) is 25.0. The average Bonchev–Trinajstić information content (AvgIpc) is 3.72. The SMILES string of the molecule is C=NC1=C(N(CCCNCCC2=NC(C(=C)NCc3ncccc3F)CC2)CCC2=NC=CC2)CC2CCCCC2=C1. The van der Waals surface area contributed by atoms with Crippen molar-refractivity contribution in [3.05, 3.63) is 77.4 Å². The molecule has 0 radical (unpaired) electrons. The van der Waals surface area contributed by atoms with E-state index in [0.717, 1.165) is 82.5 Å². The second-order valence-electron chi connectivity index (χ2n) is 11.8. The Morgan fingerprint density at radius 1 is 1.12 bits per heavy atom. The molecule has 4 aliphatic rings. The van der Waals surface area contributed by atoms with Crippen molar-refractivity contribution in [3.8, 4) is 0 Å². The molecule has 2 N–H and O–H groups in total. The van der Waals surface area contributed by atoms with Crippen LogP contribution < -0.4 is 10.6 Å². The normalized spacial score (nSPS) is 21.5. The molecule has 8 heteroatoms. The molecule has 2 atom stereocenters. The van der Waals surface area contributed by atoms with Crippen molar-refractivity contribution in [1.29, 1.82) is 0 Å². The third kappa shape index (κ3) is 8.12. The van der Waals surface area contributed by atoms with Gasteiger partial charge in [0, 0.05) is 67.7 Å². The molecule has 2 unspecified atom stereocenters. The third-order valence-corrected chi connectivity index (χ3v) is 8.92. The van der Waals surface area contributed by atoms with E-state index in [9.17, 15) is 4.39 Å². The van der Waals surface area contributed by atoms with Crippen molar-refractivity contribution in [2.45, 2.75) is 83.2 Å². The lowest BCUT2D eigenvalue weighted by molar-refractivity contribution is 0.304. The lowest BCUT2D eigenvalue weighted by atomic mass is 9.78. The van der Waals surface area contributed by atoms with Gasteiger partial charge in [0.15, 0.2) is 0 Å². The van der Waals surface area contributed by atoms with Crippen molar-refractivity contribution >= 4 is 18.1 Å². The van der Waals surface area contributed by atoms with Crippen molar-refractivity contribution in [3.63, 3.8) is 0 Å². The van der Waals surface area contributed by atoms with E-state index in [2.05, 4.69) is 56.0 Å². The molecule has 0 bridgehead atoms. The molecule has 2 aliphatic carbocycles. The van der Waals surface area contributed by atoms with Crippen LogP contribution >= 0.6 is 0 Å². The summed E-state index contributed by atoms with van der Waals surface area (Å²) in [6.07, 6.45) is 20.2. The molecule has 0 amide bonds. The molecule has 1 fully saturated rings. The molecule has 7 nitrogen and oxygen atoms in total. The third-order valence-electron chi connectivity index (χ3n) is 8.92. The predicted molar refractivity (Wildman–Crippen MR) is 171 cm³/mol. The van der Waals surface area contributed by atoms with Crippen LogP contribution in [0.3, 0.4) is 0 Å². The topological polar surface area (TPSA) is 77.3 Å². The summed E-state index contributed by atoms with van der Waals surface area (Å²) in [5.41, 5.74) is 7.78. The number of hydrogen-bond donors (Lipinski definition) is 2. The van der Waals surface area contributed by atoms with E-state index in [4.69, 9.17) is 4.99 Å². The second kappa shape index (κ2) is 15.2. The fraction of sp³-hybridized carbons (Fsp3) is 0.529. The maximum atomic E-state index is 13.9. The molecule has 3 heterocycles. The van der Waals surface area contributed by atoms with Gasteiger partial charge in [-0.3, -0.25) is 20.0 Å². The summed E-state index contributed by atoms with van der Waals surface area (Å²) in [6.45, 7) is 12.3. The Hall–Kier alpha value is -3.39. The Morgan fingerprint density at radius 3 is 2.88 bits per heavy atom. The van der Waals surface area contributed by atoms with E-state index in [1.165, 1.54) is 48.9 Å². The first-order valence-corrected chi connectivity index (χ1v) is 15.7. The van der Waals surface area contributed by atoms with Crippen LogP contribution in [0.5, 0.6) is 0 Å². The second-order valence-corrected chi connectivity index (χ2v) is 11.8. The molecule has 5 rings (SSSR count). The predicted octanol–water partition coefficient (Wildman–Crippen LogP) is 6.28. The Kier molecular flexibility index (Phi) is 10.9. The number of nitrogens with zero attached hydrogens (tertiary/aromatic N) is 5. The highest BCUT2D eigenvalue weighted by atomic mass is 19.1. The number of halogens is 1. The summed E-state index contributed by atoms with van der Waals surface area (Å²) >= 11 is 0. The van der Waals surface area contributed by atoms with E-state index in [1.807, 2.05) is 6.20 Å². The smallest absolute Gasteiger partial charge is 0.146 e. The first-order chi connectivity index (χ1) is 20.6. The van der Waals surface area contributed by atoms with Crippen LogP contribution in [-0.4, -0.2) is 60.2 Å². The van der Waals surface area contributed by atoms with Crippen LogP contribution in [0, 0.1) is 11.7 Å². The Labute approximate surface area is 250 Å². The van der Waals surface area contributed by atoms with Gasteiger partial charge in [-0.2, -0.15) is 0 Å². The van der Waals surface area contributed by atoms with E-state index in [1.54, 1.807) is 17.8 Å². The fourth-order valence-electron chi connectivity index (χ4n) is 6.48. The molecule has 1 saturated carbocycles. The van der Waals surface area contributed by atoms with Gasteiger partial charge in [-0.15, -0.1) is 0 Å². The molecule has 0 saturated heterocycles. The summed E-state index contributed by atoms with van der Waals surface area (Å²) in [5.74, 6) is 0.371. The van der Waals surface area contributed by atoms with E-state index >= 15 is 0 Å². The standard InChI is InChI=1S/C34H46FN7/c1-25(40-24-33-30(35)11-6-18-39-33)31-13-12-29(41-31)14-19-37-16-7-20-42(21-15-28-10-5-17-38-28)34-23-27-9-4-3-8-26(27)22-32(34)36-2/h5-6,11,17-18,22,27,31,37,40H,1-4,7-10,12-16,19-21,23-24H2. The Bertz CT molecular complexity index is 1270. The molecular formula is C34H46FN7. The highest BCUT2D eigenvalue weighted by Crippen LogP contribution is 2.40.